The summed E-state index contributed by atoms with van der Waals surface area (Å²) >= 11 is 0. The maximum absolute atomic E-state index is 12.3. The van der Waals surface area contributed by atoms with Gasteiger partial charge in [-0.2, -0.15) is 0 Å². The molecule has 0 atom stereocenters. The lowest BCUT2D eigenvalue weighted by Crippen LogP contribution is -2.21. The van der Waals surface area contributed by atoms with E-state index in [1.54, 1.807) is 0 Å². The van der Waals surface area contributed by atoms with Gasteiger partial charge < -0.3 is 20.1 Å². The van der Waals surface area contributed by atoms with Gasteiger partial charge in [0.25, 0.3) is 0 Å². The number of para-hydroxylation sites is 1. The van der Waals surface area contributed by atoms with Gasteiger partial charge in [0, 0.05) is 17.4 Å². The molecule has 0 aliphatic carbocycles. The molecule has 0 saturated heterocycles. The Hall–Kier alpha value is -3.47. The van der Waals surface area contributed by atoms with Crippen LogP contribution in [-0.2, 0) is 4.79 Å². The molecule has 1 amide bonds. The van der Waals surface area contributed by atoms with Gasteiger partial charge in [0.1, 0.15) is 17.2 Å². The summed E-state index contributed by atoms with van der Waals surface area (Å²) in [6.07, 6.45) is 0.996. The molecule has 3 aromatic rings. The molecule has 0 aliphatic heterocycles. The van der Waals surface area contributed by atoms with Crippen LogP contribution in [-0.4, -0.2) is 19.1 Å². The number of carbonyl (C=O) groups excluding carboxylic acids is 1. The summed E-state index contributed by atoms with van der Waals surface area (Å²) in [5, 5.41) is 6.01. The number of hydrogen-bond acceptors (Lipinski definition) is 4. The average molecular weight is 405 g/mol. The van der Waals surface area contributed by atoms with E-state index in [9.17, 15) is 4.79 Å². The molecule has 2 N–H and O–H groups in total. The highest BCUT2D eigenvalue weighted by Crippen LogP contribution is 2.22. The molecule has 0 radical (unpaired) electrons. The topological polar surface area (TPSA) is 59.6 Å². The van der Waals surface area contributed by atoms with Gasteiger partial charge in [0.2, 0.25) is 5.91 Å². The molecule has 0 saturated carbocycles. The highest BCUT2D eigenvalue weighted by molar-refractivity contribution is 5.93. The van der Waals surface area contributed by atoms with E-state index in [0.29, 0.717) is 12.5 Å². The summed E-state index contributed by atoms with van der Waals surface area (Å²) in [5.74, 6) is 2.76. The molecule has 3 rings (SSSR count). The van der Waals surface area contributed by atoms with E-state index in [1.165, 1.54) is 0 Å². The standard InChI is InChI=1S/C25H28N2O3/c1-19(2)15-16-29-24-10-6-7-21(17-24)27-25(28)18-26-20-11-13-23(14-12-20)30-22-8-4-3-5-9-22/h3-14,17,19,26H,15-16,18H2,1-2H3,(H,27,28). The van der Waals surface area contributed by atoms with Gasteiger partial charge in [0.15, 0.2) is 0 Å². The fourth-order valence-electron chi connectivity index (χ4n) is 2.73. The first kappa shape index (κ1) is 21.2. The molecule has 0 heterocycles. The Morgan fingerprint density at radius 3 is 2.27 bits per heavy atom. The maximum Gasteiger partial charge on any atom is 0.243 e. The first-order valence-electron chi connectivity index (χ1n) is 10.2. The molecule has 0 fully saturated rings. The lowest BCUT2D eigenvalue weighted by Gasteiger charge is -2.11. The molecule has 0 aromatic heterocycles. The van der Waals surface area contributed by atoms with Crippen LogP contribution >= 0.6 is 0 Å². The SMILES string of the molecule is CC(C)CCOc1cccc(NC(=O)CNc2ccc(Oc3ccccc3)cc2)c1. The van der Waals surface area contributed by atoms with E-state index in [2.05, 4.69) is 24.5 Å². The van der Waals surface area contributed by atoms with E-state index in [4.69, 9.17) is 9.47 Å². The number of hydrogen-bond donors (Lipinski definition) is 2. The minimum atomic E-state index is -0.126. The second kappa shape index (κ2) is 10.9. The van der Waals surface area contributed by atoms with Crippen molar-refractivity contribution in [2.45, 2.75) is 20.3 Å². The molecule has 5 heteroatoms. The minimum Gasteiger partial charge on any atom is -0.494 e. The Kier molecular flexibility index (Phi) is 7.72. The van der Waals surface area contributed by atoms with Crippen LogP contribution in [0.5, 0.6) is 17.2 Å². The highest BCUT2D eigenvalue weighted by atomic mass is 16.5. The van der Waals surface area contributed by atoms with Gasteiger partial charge in [-0.05, 0) is 60.9 Å². The third-order valence-corrected chi connectivity index (χ3v) is 4.37. The summed E-state index contributed by atoms with van der Waals surface area (Å²) in [7, 11) is 0. The lowest BCUT2D eigenvalue weighted by molar-refractivity contribution is -0.114. The van der Waals surface area contributed by atoms with Crippen LogP contribution in [0.2, 0.25) is 0 Å². The van der Waals surface area contributed by atoms with Crippen LogP contribution in [0.4, 0.5) is 11.4 Å². The molecule has 0 aliphatic rings. The van der Waals surface area contributed by atoms with Crippen LogP contribution in [0.25, 0.3) is 0 Å². The van der Waals surface area contributed by atoms with Crippen LogP contribution in [0.3, 0.4) is 0 Å². The smallest absolute Gasteiger partial charge is 0.243 e. The minimum absolute atomic E-state index is 0.126. The van der Waals surface area contributed by atoms with Crippen molar-refractivity contribution in [2.75, 3.05) is 23.8 Å². The van der Waals surface area contributed by atoms with E-state index in [-0.39, 0.29) is 12.5 Å². The van der Waals surface area contributed by atoms with Crippen molar-refractivity contribution < 1.29 is 14.3 Å². The fourth-order valence-corrected chi connectivity index (χ4v) is 2.73. The predicted octanol–water partition coefficient (Wildman–Crippen LogP) is 5.95. The lowest BCUT2D eigenvalue weighted by atomic mass is 10.1. The van der Waals surface area contributed by atoms with Gasteiger partial charge in [-0.3, -0.25) is 4.79 Å². The molecule has 0 spiro atoms. The van der Waals surface area contributed by atoms with Gasteiger partial charge in [-0.15, -0.1) is 0 Å². The summed E-state index contributed by atoms with van der Waals surface area (Å²) < 4.78 is 11.5. The van der Waals surface area contributed by atoms with Crippen molar-refractivity contribution in [2.24, 2.45) is 5.92 Å². The van der Waals surface area contributed by atoms with Gasteiger partial charge in [-0.1, -0.05) is 38.1 Å². The zero-order chi connectivity index (χ0) is 21.2. The molecule has 30 heavy (non-hydrogen) atoms. The zero-order valence-electron chi connectivity index (χ0n) is 17.4. The number of benzene rings is 3. The Balaban J connectivity index is 1.45. The zero-order valence-corrected chi connectivity index (χ0v) is 17.4. The summed E-state index contributed by atoms with van der Waals surface area (Å²) in [6.45, 7) is 5.16. The first-order valence-corrected chi connectivity index (χ1v) is 10.2. The molecule has 3 aromatic carbocycles. The second-order valence-corrected chi connectivity index (χ2v) is 7.40. The van der Waals surface area contributed by atoms with E-state index in [1.807, 2.05) is 78.9 Å². The van der Waals surface area contributed by atoms with Crippen molar-refractivity contribution in [3.63, 3.8) is 0 Å². The van der Waals surface area contributed by atoms with Crippen molar-refractivity contribution in [1.29, 1.82) is 0 Å². The Labute approximate surface area is 178 Å². The molecular weight excluding hydrogens is 376 g/mol. The molecule has 0 unspecified atom stereocenters. The number of rotatable bonds is 10. The monoisotopic (exact) mass is 404 g/mol. The van der Waals surface area contributed by atoms with Gasteiger partial charge in [-0.25, -0.2) is 0 Å². The maximum atomic E-state index is 12.3. The number of amides is 1. The second-order valence-electron chi connectivity index (χ2n) is 7.40. The number of anilines is 2. The van der Waals surface area contributed by atoms with E-state index >= 15 is 0 Å². The average Bonchev–Trinajstić information content (AvgIpc) is 2.74. The summed E-state index contributed by atoms with van der Waals surface area (Å²) in [6, 6.07) is 24.6. The van der Waals surface area contributed by atoms with Crippen molar-refractivity contribution >= 4 is 17.3 Å². The van der Waals surface area contributed by atoms with Crippen molar-refractivity contribution in [3.05, 3.63) is 78.9 Å². The molecule has 0 bridgehead atoms. The third kappa shape index (κ3) is 7.17. The van der Waals surface area contributed by atoms with Crippen molar-refractivity contribution in [1.82, 2.24) is 0 Å². The fraction of sp³-hybridized carbons (Fsp3) is 0.240. The van der Waals surface area contributed by atoms with Crippen LogP contribution < -0.4 is 20.1 Å². The quantitative estimate of drug-likeness (QED) is 0.438. The number of ether oxygens (including phenoxy) is 2. The number of nitrogens with one attached hydrogen (secondary N) is 2. The van der Waals surface area contributed by atoms with Crippen LogP contribution in [0, 0.1) is 5.92 Å². The van der Waals surface area contributed by atoms with Gasteiger partial charge in [0.05, 0.1) is 13.2 Å². The van der Waals surface area contributed by atoms with E-state index in [0.717, 1.165) is 35.0 Å². The highest BCUT2D eigenvalue weighted by Gasteiger charge is 2.05. The van der Waals surface area contributed by atoms with Crippen LogP contribution in [0.15, 0.2) is 78.9 Å². The predicted molar refractivity (Wildman–Crippen MR) is 121 cm³/mol. The normalized spacial score (nSPS) is 10.5. The van der Waals surface area contributed by atoms with E-state index < -0.39 is 0 Å². The third-order valence-electron chi connectivity index (χ3n) is 4.37. The molecule has 156 valence electrons. The summed E-state index contributed by atoms with van der Waals surface area (Å²) in [4.78, 5) is 12.3. The Morgan fingerprint density at radius 1 is 0.833 bits per heavy atom. The number of carbonyl (C=O) groups is 1. The Morgan fingerprint density at radius 2 is 1.53 bits per heavy atom. The molecular formula is C25H28N2O3. The van der Waals surface area contributed by atoms with Crippen LogP contribution in [0.1, 0.15) is 20.3 Å². The largest absolute Gasteiger partial charge is 0.494 e. The molecule has 5 nitrogen and oxygen atoms in total. The van der Waals surface area contributed by atoms with Crippen molar-refractivity contribution in [3.8, 4) is 17.2 Å². The Bertz CT molecular complexity index is 925. The first-order chi connectivity index (χ1) is 14.6. The summed E-state index contributed by atoms with van der Waals surface area (Å²) in [5.41, 5.74) is 1.56. The van der Waals surface area contributed by atoms with Gasteiger partial charge >= 0.3 is 0 Å².